The van der Waals surface area contributed by atoms with Gasteiger partial charge in [-0.15, -0.1) is 0 Å². The molecule has 0 aromatic heterocycles. The molecule has 0 aliphatic heterocycles. The van der Waals surface area contributed by atoms with Crippen molar-refractivity contribution in [2.75, 3.05) is 0 Å². The van der Waals surface area contributed by atoms with Gasteiger partial charge >= 0.3 is 267 Å². The van der Waals surface area contributed by atoms with Crippen LogP contribution in [0.5, 0.6) is 0 Å². The van der Waals surface area contributed by atoms with Crippen molar-refractivity contribution in [2.24, 2.45) is 0 Å². The Morgan fingerprint density at radius 2 is 0.628 bits per heavy atom. The van der Waals surface area contributed by atoms with E-state index >= 15 is 0 Å². The van der Waals surface area contributed by atoms with Crippen molar-refractivity contribution in [2.45, 2.75) is 7.35 Å². The van der Waals surface area contributed by atoms with Crippen molar-refractivity contribution in [3.63, 3.8) is 0 Å². The quantitative estimate of drug-likeness (QED) is 0.151. The van der Waals surface area contributed by atoms with Crippen molar-refractivity contribution >= 4 is 23.3 Å². The molecule has 0 heterocycles. The molecular weight excluding hydrogens is 683 g/mol. The Morgan fingerprint density at radius 1 is 0.302 bits per heavy atom. The fourth-order valence-corrected chi connectivity index (χ4v) is 14.1. The van der Waals surface area contributed by atoms with Gasteiger partial charge in [-0.3, -0.25) is 0 Å². The molecule has 202 valence electrons. The van der Waals surface area contributed by atoms with E-state index in [1.807, 2.05) is 0 Å². The van der Waals surface area contributed by atoms with Gasteiger partial charge < -0.3 is 0 Å². The first kappa shape index (κ1) is 26.3. The van der Waals surface area contributed by atoms with Gasteiger partial charge in [-0.2, -0.15) is 0 Å². The van der Waals surface area contributed by atoms with Gasteiger partial charge in [0.25, 0.3) is 0 Å². The van der Waals surface area contributed by atoms with Crippen LogP contribution < -0.4 is 0 Å². The predicted octanol–water partition coefficient (Wildman–Crippen LogP) is 11.0. The minimum absolute atomic E-state index is 0.516. The molecule has 0 bridgehead atoms. The molecule has 0 spiro atoms. The second-order valence-electron chi connectivity index (χ2n) is 11.4. The molecule has 0 saturated carbocycles. The normalized spacial score (nSPS) is 16.7. The van der Waals surface area contributed by atoms with Crippen LogP contribution in [-0.2, 0) is 22.9 Å². The first-order valence-electron chi connectivity index (χ1n) is 15.0. The third-order valence-corrected chi connectivity index (χ3v) is 15.7. The zero-order valence-electron chi connectivity index (χ0n) is 23.8. The second kappa shape index (κ2) is 11.4. The van der Waals surface area contributed by atoms with Crippen LogP contribution in [0.1, 0.15) is 40.7 Å². The molecule has 2 unspecified atom stereocenters. The van der Waals surface area contributed by atoms with Crippen LogP contribution in [0, 0.1) is 0 Å². The molecule has 0 radical (unpaired) electrons. The molecule has 2 aliphatic carbocycles. The number of hydrogen-bond donors (Lipinski definition) is 0. The zero-order valence-corrected chi connectivity index (χ0v) is 27.4. The Hall–Kier alpha value is -4.33. The number of rotatable bonds is 6. The Balaban J connectivity index is 1.15. The van der Waals surface area contributed by atoms with Crippen LogP contribution in [0.3, 0.4) is 0 Å². The van der Waals surface area contributed by atoms with E-state index in [4.69, 9.17) is 0 Å². The molecule has 0 amide bonds. The molecule has 0 N–H and O–H groups in total. The summed E-state index contributed by atoms with van der Waals surface area (Å²) in [5.41, 5.74) is 16.6. The molecule has 1 heteroatoms. The maximum absolute atomic E-state index is 2.48. The summed E-state index contributed by atoms with van der Waals surface area (Å²) in [7, 11) is 0. The van der Waals surface area contributed by atoms with Crippen LogP contribution in [-0.4, -0.2) is 0 Å². The Bertz CT molecular complexity index is 1820. The number of fused-ring (bicyclic) bond motifs is 2. The van der Waals surface area contributed by atoms with Crippen LogP contribution in [0.4, 0.5) is 0 Å². The fraction of sp³-hybridized carbons (Fsp3) is 0.0476. The minimum atomic E-state index is -1.38. The molecule has 2 aliphatic rings. The summed E-state index contributed by atoms with van der Waals surface area (Å²) >= 11 is -1.38. The average molecular weight is 713 g/mol. The summed E-state index contributed by atoms with van der Waals surface area (Å²) in [6, 6.07) is 58.1. The molecule has 8 rings (SSSR count). The fourth-order valence-electron chi connectivity index (χ4n) is 6.64. The Labute approximate surface area is 265 Å². The molecule has 0 nitrogen and oxygen atoms in total. The molecule has 0 saturated heterocycles. The van der Waals surface area contributed by atoms with Crippen LogP contribution in [0.2, 0.25) is 0 Å². The van der Waals surface area contributed by atoms with E-state index in [1.165, 1.54) is 66.8 Å². The van der Waals surface area contributed by atoms with E-state index in [0.29, 0.717) is 7.35 Å². The van der Waals surface area contributed by atoms with Gasteiger partial charge in [-0.05, 0) is 0 Å². The Kier molecular flexibility index (Phi) is 6.97. The third kappa shape index (κ3) is 5.02. The van der Waals surface area contributed by atoms with E-state index in [-0.39, 0.29) is 0 Å². The van der Waals surface area contributed by atoms with Crippen LogP contribution >= 0.6 is 0 Å². The average Bonchev–Trinajstić information content (AvgIpc) is 3.64. The van der Waals surface area contributed by atoms with Gasteiger partial charge in [-0.1, -0.05) is 0 Å². The van der Waals surface area contributed by atoms with E-state index in [2.05, 4.69) is 170 Å². The van der Waals surface area contributed by atoms with E-state index in [1.54, 1.807) is 0 Å². The summed E-state index contributed by atoms with van der Waals surface area (Å²) in [5.74, 6) is 0. The summed E-state index contributed by atoms with van der Waals surface area (Å²) in [5, 5.41) is 0. The summed E-state index contributed by atoms with van der Waals surface area (Å²) in [6.07, 6.45) is 4.95. The first-order chi connectivity index (χ1) is 21.3. The van der Waals surface area contributed by atoms with Gasteiger partial charge in [-0.25, -0.2) is 0 Å². The van der Waals surface area contributed by atoms with Crippen molar-refractivity contribution < 1.29 is 22.9 Å². The van der Waals surface area contributed by atoms with Crippen molar-refractivity contribution in [1.82, 2.24) is 0 Å². The molecule has 6 aromatic rings. The van der Waals surface area contributed by atoms with Gasteiger partial charge in [0.05, 0.1) is 0 Å². The number of benzene rings is 6. The van der Waals surface area contributed by atoms with E-state index in [9.17, 15) is 0 Å². The number of allylic oxidation sites excluding steroid dienone is 2. The van der Waals surface area contributed by atoms with E-state index in [0.717, 1.165) is 0 Å². The van der Waals surface area contributed by atoms with Gasteiger partial charge in [0.2, 0.25) is 0 Å². The van der Waals surface area contributed by atoms with Gasteiger partial charge in [0.15, 0.2) is 0 Å². The standard InChI is InChI=1S/2C21H15.Hf/c2*1-2-6-16(7-3-1)17-10-12-18(13-11-17)21-14-19-8-4-5-9-20(19)15-21;/h2*1-15H;. The number of hydrogen-bond acceptors (Lipinski definition) is 0. The molecule has 43 heavy (non-hydrogen) atoms. The van der Waals surface area contributed by atoms with Crippen molar-refractivity contribution in [3.8, 4) is 22.3 Å². The Morgan fingerprint density at radius 3 is 1.05 bits per heavy atom. The topological polar surface area (TPSA) is 0 Å². The summed E-state index contributed by atoms with van der Waals surface area (Å²) < 4.78 is 1.03. The maximum atomic E-state index is 2.48. The third-order valence-electron chi connectivity index (χ3n) is 8.84. The molecule has 0 fully saturated rings. The predicted molar refractivity (Wildman–Crippen MR) is 178 cm³/mol. The van der Waals surface area contributed by atoms with Crippen LogP contribution in [0.15, 0.2) is 158 Å². The molecule has 6 aromatic carbocycles. The molecule has 2 atom stereocenters. The van der Waals surface area contributed by atoms with Crippen LogP contribution in [0.25, 0.3) is 45.6 Å². The van der Waals surface area contributed by atoms with Gasteiger partial charge in [0, 0.05) is 0 Å². The molecular formula is C42H30Hf. The monoisotopic (exact) mass is 714 g/mol. The second-order valence-corrected chi connectivity index (χ2v) is 16.7. The summed E-state index contributed by atoms with van der Waals surface area (Å²) in [4.78, 5) is 0. The first-order valence-corrected chi connectivity index (χ1v) is 19.2. The van der Waals surface area contributed by atoms with Crippen molar-refractivity contribution in [1.29, 1.82) is 0 Å². The zero-order chi connectivity index (χ0) is 28.6. The summed E-state index contributed by atoms with van der Waals surface area (Å²) in [6.45, 7) is 0. The van der Waals surface area contributed by atoms with Gasteiger partial charge in [0.1, 0.15) is 0 Å². The SMILES string of the molecule is C1=C(c2ccc(-c3ccccc3)cc2)[CH]([Hf][CH]2C(c3ccc(-c4ccccc4)cc3)=Cc3ccccc32)c2ccccc21. The van der Waals surface area contributed by atoms with E-state index < -0.39 is 22.9 Å². The van der Waals surface area contributed by atoms with Crippen molar-refractivity contribution in [3.05, 3.63) is 191 Å².